The third-order valence-electron chi connectivity index (χ3n) is 2.09. The smallest absolute Gasteiger partial charge is 0.287 e. The second-order valence-electron chi connectivity index (χ2n) is 3.04. The van der Waals surface area contributed by atoms with Crippen molar-refractivity contribution < 1.29 is 4.92 Å². The van der Waals surface area contributed by atoms with Gasteiger partial charge in [-0.05, 0) is 12.1 Å². The Balaban J connectivity index is 2.54. The van der Waals surface area contributed by atoms with Gasteiger partial charge in [-0.1, -0.05) is 0 Å². The van der Waals surface area contributed by atoms with E-state index in [2.05, 4.69) is 9.97 Å². The first-order valence-electron chi connectivity index (χ1n) is 4.40. The molecule has 0 spiro atoms. The zero-order chi connectivity index (χ0) is 11.5. The van der Waals surface area contributed by atoms with Crippen molar-refractivity contribution in [2.75, 3.05) is 0 Å². The van der Waals surface area contributed by atoms with E-state index in [1.54, 1.807) is 24.5 Å². The van der Waals surface area contributed by atoms with Crippen molar-refractivity contribution in [2.45, 2.75) is 0 Å². The molecule has 0 aliphatic rings. The number of nitrogens with one attached hydrogen (secondary N) is 1. The number of rotatable bonds is 2. The Bertz CT molecular complexity index is 569. The first-order valence-corrected chi connectivity index (χ1v) is 4.40. The van der Waals surface area contributed by atoms with E-state index in [1.165, 1.54) is 12.1 Å². The average molecular weight is 214 g/mol. The number of nitriles is 1. The number of hydrogen-bond acceptors (Lipinski definition) is 4. The highest BCUT2D eigenvalue weighted by Gasteiger charge is 2.14. The molecule has 1 aromatic heterocycles. The fourth-order valence-corrected chi connectivity index (χ4v) is 1.36. The molecule has 0 aliphatic carbocycles. The zero-order valence-electron chi connectivity index (χ0n) is 8.04. The van der Waals surface area contributed by atoms with Crippen molar-refractivity contribution in [1.29, 1.82) is 5.26 Å². The lowest BCUT2D eigenvalue weighted by Crippen LogP contribution is -1.93. The molecule has 78 valence electrons. The summed E-state index contributed by atoms with van der Waals surface area (Å²) in [6, 6.07) is 6.09. The first kappa shape index (κ1) is 9.86. The van der Waals surface area contributed by atoms with Gasteiger partial charge in [-0.15, -0.1) is 0 Å². The molecule has 0 bridgehead atoms. The Hall–Kier alpha value is -2.68. The number of aromatic amines is 1. The minimum atomic E-state index is -0.579. The molecule has 0 radical (unpaired) electrons. The van der Waals surface area contributed by atoms with Crippen molar-refractivity contribution in [1.82, 2.24) is 9.97 Å². The topological polar surface area (TPSA) is 95.6 Å². The summed E-state index contributed by atoms with van der Waals surface area (Å²) in [6.45, 7) is 0. The number of H-pyrrole nitrogens is 1. The summed E-state index contributed by atoms with van der Waals surface area (Å²) in [5, 5.41) is 19.4. The van der Waals surface area contributed by atoms with Crippen LogP contribution in [0.15, 0.2) is 30.6 Å². The third kappa shape index (κ3) is 1.62. The molecule has 2 rings (SSSR count). The van der Waals surface area contributed by atoms with Crippen LogP contribution in [0.4, 0.5) is 5.69 Å². The van der Waals surface area contributed by atoms with Crippen LogP contribution in [0.5, 0.6) is 0 Å². The number of hydrogen-bond donors (Lipinski definition) is 1. The standard InChI is InChI=1S/C10H6N4O2/c11-6-8-5-7(10-12-3-4-13-10)1-2-9(8)14(15)16/h1-5H,(H,12,13). The SMILES string of the molecule is N#Cc1cc(-c2ncc[nH]2)ccc1[N+](=O)[O-]. The zero-order valence-corrected chi connectivity index (χ0v) is 8.04. The Morgan fingerprint density at radius 3 is 2.88 bits per heavy atom. The second kappa shape index (κ2) is 3.82. The Morgan fingerprint density at radius 2 is 2.31 bits per heavy atom. The molecule has 0 aliphatic heterocycles. The van der Waals surface area contributed by atoms with Gasteiger partial charge < -0.3 is 4.98 Å². The van der Waals surface area contributed by atoms with E-state index in [4.69, 9.17) is 5.26 Å². The Labute approximate surface area is 90.3 Å². The molecule has 2 aromatic rings. The second-order valence-corrected chi connectivity index (χ2v) is 3.04. The van der Waals surface area contributed by atoms with E-state index in [0.29, 0.717) is 11.4 Å². The van der Waals surface area contributed by atoms with Crippen molar-refractivity contribution in [3.05, 3.63) is 46.3 Å². The largest absolute Gasteiger partial charge is 0.345 e. The Kier molecular flexibility index (Phi) is 2.36. The minimum Gasteiger partial charge on any atom is -0.345 e. The number of aromatic nitrogens is 2. The summed E-state index contributed by atoms with van der Waals surface area (Å²) >= 11 is 0. The maximum atomic E-state index is 10.6. The van der Waals surface area contributed by atoms with Crippen LogP contribution in [-0.4, -0.2) is 14.9 Å². The van der Waals surface area contributed by atoms with Gasteiger partial charge in [0.1, 0.15) is 17.5 Å². The highest BCUT2D eigenvalue weighted by atomic mass is 16.6. The normalized spacial score (nSPS) is 9.69. The van der Waals surface area contributed by atoms with Gasteiger partial charge in [0.05, 0.1) is 4.92 Å². The summed E-state index contributed by atoms with van der Waals surface area (Å²) in [5.41, 5.74) is 0.476. The summed E-state index contributed by atoms with van der Waals surface area (Å²) in [6.07, 6.45) is 3.21. The summed E-state index contributed by atoms with van der Waals surface area (Å²) in [4.78, 5) is 16.9. The van der Waals surface area contributed by atoms with E-state index in [-0.39, 0.29) is 11.3 Å². The molecule has 1 heterocycles. The van der Waals surface area contributed by atoms with Crippen molar-refractivity contribution >= 4 is 5.69 Å². The fraction of sp³-hybridized carbons (Fsp3) is 0. The quantitative estimate of drug-likeness (QED) is 0.609. The highest BCUT2D eigenvalue weighted by molar-refractivity contribution is 5.63. The van der Waals surface area contributed by atoms with Crippen molar-refractivity contribution in [3.63, 3.8) is 0 Å². The lowest BCUT2D eigenvalue weighted by atomic mass is 10.1. The number of nitro groups is 1. The summed E-state index contributed by atoms with van der Waals surface area (Å²) < 4.78 is 0. The first-order chi connectivity index (χ1) is 7.72. The molecule has 0 fully saturated rings. The van der Waals surface area contributed by atoms with Crippen LogP contribution < -0.4 is 0 Å². The summed E-state index contributed by atoms with van der Waals surface area (Å²) in [7, 11) is 0. The minimum absolute atomic E-state index is 0.0268. The van der Waals surface area contributed by atoms with Crippen LogP contribution in [0.1, 0.15) is 5.56 Å². The predicted octanol–water partition coefficient (Wildman–Crippen LogP) is 1.86. The van der Waals surface area contributed by atoms with Crippen molar-refractivity contribution in [2.24, 2.45) is 0 Å². The number of nitro benzene ring substituents is 1. The van der Waals surface area contributed by atoms with Crippen LogP contribution in [0.25, 0.3) is 11.4 Å². The van der Waals surface area contributed by atoms with Gasteiger partial charge in [0.15, 0.2) is 0 Å². The van der Waals surface area contributed by atoms with Crippen molar-refractivity contribution in [3.8, 4) is 17.5 Å². The van der Waals surface area contributed by atoms with Crippen LogP contribution in [-0.2, 0) is 0 Å². The molecule has 6 heteroatoms. The maximum absolute atomic E-state index is 10.6. The van der Waals surface area contributed by atoms with E-state index in [9.17, 15) is 10.1 Å². The summed E-state index contributed by atoms with van der Waals surface area (Å²) in [5.74, 6) is 0.575. The molecular weight excluding hydrogens is 208 g/mol. The number of imidazole rings is 1. The molecule has 0 saturated heterocycles. The van der Waals surface area contributed by atoms with Crippen LogP contribution in [0, 0.1) is 21.4 Å². The van der Waals surface area contributed by atoms with Gasteiger partial charge in [-0.2, -0.15) is 5.26 Å². The number of benzene rings is 1. The molecule has 0 atom stereocenters. The van der Waals surface area contributed by atoms with E-state index in [0.717, 1.165) is 0 Å². The lowest BCUT2D eigenvalue weighted by molar-refractivity contribution is -0.385. The Morgan fingerprint density at radius 1 is 1.50 bits per heavy atom. The molecule has 6 nitrogen and oxygen atoms in total. The molecular formula is C10H6N4O2. The van der Waals surface area contributed by atoms with Gasteiger partial charge in [0.25, 0.3) is 5.69 Å². The van der Waals surface area contributed by atoms with Gasteiger partial charge >= 0.3 is 0 Å². The molecule has 0 amide bonds. The lowest BCUT2D eigenvalue weighted by Gasteiger charge is -1.98. The van der Waals surface area contributed by atoms with Crippen LogP contribution in [0.3, 0.4) is 0 Å². The van der Waals surface area contributed by atoms with Crippen LogP contribution in [0.2, 0.25) is 0 Å². The monoisotopic (exact) mass is 214 g/mol. The van der Waals surface area contributed by atoms with E-state index in [1.807, 2.05) is 0 Å². The molecule has 16 heavy (non-hydrogen) atoms. The van der Waals surface area contributed by atoms with E-state index < -0.39 is 4.92 Å². The maximum Gasteiger partial charge on any atom is 0.287 e. The van der Waals surface area contributed by atoms with Gasteiger partial charge in [-0.3, -0.25) is 10.1 Å². The van der Waals surface area contributed by atoms with E-state index >= 15 is 0 Å². The fourth-order valence-electron chi connectivity index (χ4n) is 1.36. The average Bonchev–Trinajstić information content (AvgIpc) is 2.81. The third-order valence-corrected chi connectivity index (χ3v) is 2.09. The highest BCUT2D eigenvalue weighted by Crippen LogP contribution is 2.23. The molecule has 1 N–H and O–H groups in total. The molecule has 0 saturated carbocycles. The number of nitrogens with zero attached hydrogens (tertiary/aromatic N) is 3. The predicted molar refractivity (Wildman–Crippen MR) is 55.4 cm³/mol. The molecule has 1 aromatic carbocycles. The molecule has 0 unspecified atom stereocenters. The van der Waals surface area contributed by atoms with Gasteiger partial charge in [0, 0.05) is 24.0 Å². The van der Waals surface area contributed by atoms with Gasteiger partial charge in [0.2, 0.25) is 0 Å². The van der Waals surface area contributed by atoms with Crippen LogP contribution >= 0.6 is 0 Å². The van der Waals surface area contributed by atoms with Gasteiger partial charge in [-0.25, -0.2) is 4.98 Å².